The zero-order valence-corrected chi connectivity index (χ0v) is 9.41. The lowest BCUT2D eigenvalue weighted by molar-refractivity contribution is -0.178. The zero-order valence-electron chi connectivity index (χ0n) is 9.41. The van der Waals surface area contributed by atoms with E-state index in [4.69, 9.17) is 14.6 Å². The molecule has 5 heteroatoms. The van der Waals surface area contributed by atoms with Crippen molar-refractivity contribution in [1.82, 2.24) is 5.32 Å². The summed E-state index contributed by atoms with van der Waals surface area (Å²) >= 11 is 0. The summed E-state index contributed by atoms with van der Waals surface area (Å²) in [4.78, 5) is 11.0. The summed E-state index contributed by atoms with van der Waals surface area (Å²) in [6, 6.07) is 0. The molecule has 16 heavy (non-hydrogen) atoms. The van der Waals surface area contributed by atoms with Crippen LogP contribution in [0.1, 0.15) is 12.8 Å². The standard InChI is InChI=1S/C11H19NO4/c13-10(14)11(7-16-8-11)6-12-5-9-1-3-15-4-2-9/h9,12H,1-8H2,(H,13,14). The van der Waals surface area contributed by atoms with Crippen LogP contribution in [0.4, 0.5) is 0 Å². The summed E-state index contributed by atoms with van der Waals surface area (Å²) in [5.41, 5.74) is -0.675. The molecule has 0 saturated carbocycles. The predicted octanol–water partition coefficient (Wildman–Crippen LogP) is 0.104. The van der Waals surface area contributed by atoms with E-state index in [2.05, 4.69) is 5.32 Å². The largest absolute Gasteiger partial charge is 0.481 e. The molecule has 92 valence electrons. The fourth-order valence-corrected chi connectivity index (χ4v) is 2.12. The molecular formula is C11H19NO4. The molecule has 2 heterocycles. The number of aliphatic carboxylic acids is 1. The first-order chi connectivity index (χ1) is 7.73. The van der Waals surface area contributed by atoms with Crippen LogP contribution in [0.2, 0.25) is 0 Å². The monoisotopic (exact) mass is 229 g/mol. The van der Waals surface area contributed by atoms with Gasteiger partial charge in [-0.2, -0.15) is 0 Å². The Morgan fingerprint density at radius 3 is 2.50 bits per heavy atom. The molecule has 0 spiro atoms. The highest BCUT2D eigenvalue weighted by Crippen LogP contribution is 2.27. The first kappa shape index (κ1) is 11.8. The minimum atomic E-state index is -0.752. The lowest BCUT2D eigenvalue weighted by atomic mass is 9.86. The van der Waals surface area contributed by atoms with E-state index >= 15 is 0 Å². The number of hydrogen-bond acceptors (Lipinski definition) is 4. The molecule has 2 rings (SSSR count). The van der Waals surface area contributed by atoms with Crippen molar-refractivity contribution in [3.05, 3.63) is 0 Å². The van der Waals surface area contributed by atoms with E-state index in [1.54, 1.807) is 0 Å². The Morgan fingerprint density at radius 2 is 2.00 bits per heavy atom. The number of nitrogens with one attached hydrogen (secondary N) is 1. The Balaban J connectivity index is 1.68. The third-order valence-electron chi connectivity index (χ3n) is 3.45. The molecule has 0 aromatic rings. The molecule has 0 aromatic carbocycles. The molecule has 0 aliphatic carbocycles. The smallest absolute Gasteiger partial charge is 0.315 e. The van der Waals surface area contributed by atoms with Crippen LogP contribution in [0.15, 0.2) is 0 Å². The molecule has 0 radical (unpaired) electrons. The van der Waals surface area contributed by atoms with Crippen molar-refractivity contribution in [3.8, 4) is 0 Å². The molecule has 0 aromatic heterocycles. The van der Waals surface area contributed by atoms with Gasteiger partial charge in [0.05, 0.1) is 13.2 Å². The van der Waals surface area contributed by atoms with Gasteiger partial charge >= 0.3 is 5.97 Å². The normalized spacial score (nSPS) is 25.0. The van der Waals surface area contributed by atoms with Gasteiger partial charge in [0.25, 0.3) is 0 Å². The summed E-state index contributed by atoms with van der Waals surface area (Å²) in [6.07, 6.45) is 2.15. The molecule has 2 aliphatic heterocycles. The van der Waals surface area contributed by atoms with Crippen LogP contribution in [0, 0.1) is 11.3 Å². The SMILES string of the molecule is O=C(O)C1(CNCC2CCOCC2)COC1. The number of hydrogen-bond donors (Lipinski definition) is 2. The van der Waals surface area contributed by atoms with E-state index in [1.807, 2.05) is 0 Å². The quantitative estimate of drug-likeness (QED) is 0.700. The Morgan fingerprint density at radius 1 is 1.31 bits per heavy atom. The number of carbonyl (C=O) groups is 1. The predicted molar refractivity (Wildman–Crippen MR) is 57.3 cm³/mol. The van der Waals surface area contributed by atoms with Crippen molar-refractivity contribution in [2.24, 2.45) is 11.3 Å². The van der Waals surface area contributed by atoms with Crippen LogP contribution in [0.5, 0.6) is 0 Å². The van der Waals surface area contributed by atoms with Crippen molar-refractivity contribution < 1.29 is 19.4 Å². The number of ether oxygens (including phenoxy) is 2. The van der Waals surface area contributed by atoms with Crippen LogP contribution in [-0.4, -0.2) is 50.6 Å². The van der Waals surface area contributed by atoms with Crippen LogP contribution < -0.4 is 5.32 Å². The average Bonchev–Trinajstić information content (AvgIpc) is 2.23. The van der Waals surface area contributed by atoms with Gasteiger partial charge in [-0.25, -0.2) is 0 Å². The van der Waals surface area contributed by atoms with Gasteiger partial charge in [-0.1, -0.05) is 0 Å². The van der Waals surface area contributed by atoms with Crippen molar-refractivity contribution in [2.75, 3.05) is 39.5 Å². The van der Waals surface area contributed by atoms with Crippen molar-refractivity contribution in [1.29, 1.82) is 0 Å². The van der Waals surface area contributed by atoms with E-state index in [0.717, 1.165) is 32.6 Å². The molecule has 0 atom stereocenters. The second-order valence-electron chi connectivity index (χ2n) is 4.76. The number of carboxylic acid groups (broad SMARTS) is 1. The molecule has 0 amide bonds. The van der Waals surface area contributed by atoms with Crippen LogP contribution in [-0.2, 0) is 14.3 Å². The first-order valence-corrected chi connectivity index (χ1v) is 5.82. The van der Waals surface area contributed by atoms with E-state index in [1.165, 1.54) is 0 Å². The average molecular weight is 229 g/mol. The topological polar surface area (TPSA) is 67.8 Å². The first-order valence-electron chi connectivity index (χ1n) is 5.82. The maximum atomic E-state index is 11.0. The molecule has 2 saturated heterocycles. The second-order valence-corrected chi connectivity index (χ2v) is 4.76. The van der Waals surface area contributed by atoms with Crippen LogP contribution in [0.25, 0.3) is 0 Å². The van der Waals surface area contributed by atoms with Gasteiger partial charge in [0.2, 0.25) is 0 Å². The van der Waals surface area contributed by atoms with E-state index in [0.29, 0.717) is 25.7 Å². The van der Waals surface area contributed by atoms with Gasteiger partial charge in [0, 0.05) is 19.8 Å². The lowest BCUT2D eigenvalue weighted by Crippen LogP contribution is -2.55. The molecule has 5 nitrogen and oxygen atoms in total. The molecule has 0 unspecified atom stereocenters. The van der Waals surface area contributed by atoms with E-state index < -0.39 is 11.4 Å². The number of rotatable bonds is 5. The zero-order chi connectivity index (χ0) is 11.4. The summed E-state index contributed by atoms with van der Waals surface area (Å²) in [5, 5.41) is 12.3. The molecule has 2 aliphatic rings. The maximum Gasteiger partial charge on any atom is 0.315 e. The lowest BCUT2D eigenvalue weighted by Gasteiger charge is -2.38. The minimum absolute atomic E-state index is 0.336. The number of carboxylic acids is 1. The Hall–Kier alpha value is -0.650. The van der Waals surface area contributed by atoms with Crippen molar-refractivity contribution in [3.63, 3.8) is 0 Å². The summed E-state index contributed by atoms with van der Waals surface area (Å²) in [6.45, 7) is 3.74. The third-order valence-corrected chi connectivity index (χ3v) is 3.45. The molecular weight excluding hydrogens is 210 g/mol. The fraction of sp³-hybridized carbons (Fsp3) is 0.909. The van der Waals surface area contributed by atoms with Gasteiger partial charge in [0.15, 0.2) is 0 Å². The molecule has 2 fully saturated rings. The van der Waals surface area contributed by atoms with Gasteiger partial charge in [-0.3, -0.25) is 4.79 Å². The Bertz CT molecular complexity index is 246. The van der Waals surface area contributed by atoms with Gasteiger partial charge in [-0.15, -0.1) is 0 Å². The molecule has 2 N–H and O–H groups in total. The van der Waals surface area contributed by atoms with Gasteiger partial charge in [-0.05, 0) is 25.3 Å². The molecule has 0 bridgehead atoms. The van der Waals surface area contributed by atoms with Crippen molar-refractivity contribution >= 4 is 5.97 Å². The second kappa shape index (κ2) is 5.12. The fourth-order valence-electron chi connectivity index (χ4n) is 2.12. The van der Waals surface area contributed by atoms with Gasteiger partial charge < -0.3 is 19.9 Å². The van der Waals surface area contributed by atoms with E-state index in [9.17, 15) is 4.79 Å². The summed E-state index contributed by atoms with van der Waals surface area (Å²) in [7, 11) is 0. The highest BCUT2D eigenvalue weighted by atomic mass is 16.5. The van der Waals surface area contributed by atoms with Gasteiger partial charge in [0.1, 0.15) is 5.41 Å². The van der Waals surface area contributed by atoms with Crippen LogP contribution in [0.3, 0.4) is 0 Å². The summed E-state index contributed by atoms with van der Waals surface area (Å²) in [5.74, 6) is -0.126. The highest BCUT2D eigenvalue weighted by molar-refractivity contribution is 5.76. The Labute approximate surface area is 95.1 Å². The van der Waals surface area contributed by atoms with Crippen LogP contribution >= 0.6 is 0 Å². The minimum Gasteiger partial charge on any atom is -0.481 e. The van der Waals surface area contributed by atoms with Crippen molar-refractivity contribution in [2.45, 2.75) is 12.8 Å². The maximum absolute atomic E-state index is 11.0. The summed E-state index contributed by atoms with van der Waals surface area (Å²) < 4.78 is 10.3. The third kappa shape index (κ3) is 2.53. The van der Waals surface area contributed by atoms with E-state index in [-0.39, 0.29) is 0 Å². The Kier molecular flexibility index (Phi) is 3.78. The highest BCUT2D eigenvalue weighted by Gasteiger charge is 2.45.